The summed E-state index contributed by atoms with van der Waals surface area (Å²) in [5.41, 5.74) is 8.63. The van der Waals surface area contributed by atoms with Crippen LogP contribution in [0.15, 0.2) is 99.4 Å². The number of nitrogen functional groups attached to an aromatic ring is 1. The summed E-state index contributed by atoms with van der Waals surface area (Å²) in [5, 5.41) is 11.1. The Morgan fingerprint density at radius 3 is 2.26 bits per heavy atom. The van der Waals surface area contributed by atoms with Crippen LogP contribution in [0.2, 0.25) is 0 Å². The summed E-state index contributed by atoms with van der Waals surface area (Å²) >= 11 is 1.08. The SMILES string of the molecule is Cc1ccsc1S(=O)(=O)N(Cc1cc(C#N)ccc1N)[C@@H](COS(=O)(=O)c1ccccc1)Cc1ccccc1. The van der Waals surface area contributed by atoms with E-state index in [2.05, 4.69) is 6.07 Å². The van der Waals surface area contributed by atoms with Gasteiger partial charge < -0.3 is 5.73 Å². The molecule has 0 bridgehead atoms. The minimum Gasteiger partial charge on any atom is -0.398 e. The first-order chi connectivity index (χ1) is 18.6. The van der Waals surface area contributed by atoms with Crippen molar-refractivity contribution in [1.82, 2.24) is 4.31 Å². The Hall–Kier alpha value is -3.53. The topological polar surface area (TPSA) is 131 Å². The zero-order valence-corrected chi connectivity index (χ0v) is 23.5. The van der Waals surface area contributed by atoms with Crippen molar-refractivity contribution in [2.45, 2.75) is 35.0 Å². The zero-order valence-electron chi connectivity index (χ0n) is 21.1. The monoisotopic (exact) mass is 581 g/mol. The highest BCUT2D eigenvalue weighted by atomic mass is 32.2. The molecular weight excluding hydrogens is 555 g/mol. The van der Waals surface area contributed by atoms with Crippen LogP contribution in [-0.4, -0.2) is 33.8 Å². The maximum absolute atomic E-state index is 14.1. The molecular formula is C28H27N3O5S3. The maximum Gasteiger partial charge on any atom is 0.297 e. The predicted octanol–water partition coefficient (Wildman–Crippen LogP) is 4.72. The van der Waals surface area contributed by atoms with Crippen LogP contribution in [0.3, 0.4) is 0 Å². The molecule has 0 spiro atoms. The third-order valence-corrected chi connectivity index (χ3v) is 11.0. The van der Waals surface area contributed by atoms with E-state index in [1.54, 1.807) is 54.8 Å². The highest BCUT2D eigenvalue weighted by Gasteiger charge is 2.35. The van der Waals surface area contributed by atoms with Crippen molar-refractivity contribution in [3.63, 3.8) is 0 Å². The van der Waals surface area contributed by atoms with Crippen LogP contribution in [0.25, 0.3) is 0 Å². The molecule has 0 saturated carbocycles. The van der Waals surface area contributed by atoms with E-state index >= 15 is 0 Å². The Kier molecular flexibility index (Phi) is 8.84. The largest absolute Gasteiger partial charge is 0.398 e. The molecule has 1 heterocycles. The molecule has 4 rings (SSSR count). The molecule has 0 aliphatic carbocycles. The van der Waals surface area contributed by atoms with Gasteiger partial charge >= 0.3 is 0 Å². The molecule has 0 unspecified atom stereocenters. The number of hydrogen-bond donors (Lipinski definition) is 1. The van der Waals surface area contributed by atoms with Crippen LogP contribution < -0.4 is 5.73 Å². The average molecular weight is 582 g/mol. The summed E-state index contributed by atoms with van der Waals surface area (Å²) in [4.78, 5) is -0.0297. The van der Waals surface area contributed by atoms with E-state index in [9.17, 15) is 22.1 Å². The van der Waals surface area contributed by atoms with Crippen LogP contribution in [0, 0.1) is 18.3 Å². The first kappa shape index (κ1) is 28.5. The summed E-state index contributed by atoms with van der Waals surface area (Å²) < 4.78 is 61.1. The number of benzene rings is 3. The van der Waals surface area contributed by atoms with Gasteiger partial charge in [-0.1, -0.05) is 48.5 Å². The fourth-order valence-electron chi connectivity index (χ4n) is 4.07. The lowest BCUT2D eigenvalue weighted by atomic mass is 10.1. The Morgan fingerprint density at radius 2 is 1.64 bits per heavy atom. The standard InChI is InChI=1S/C28H27N3O5S3/c1-21-14-15-37-28(21)38(32,33)31(19-24-16-23(18-29)12-13-27(24)30)25(17-22-8-4-2-5-9-22)20-36-39(34,35)26-10-6-3-7-11-26/h2-16,25H,17,19-20,30H2,1H3/t25-/m1/s1. The lowest BCUT2D eigenvalue weighted by molar-refractivity contribution is 0.203. The second-order valence-corrected chi connectivity index (χ2v) is 13.5. The minimum absolute atomic E-state index is 0.0297. The summed E-state index contributed by atoms with van der Waals surface area (Å²) in [6.07, 6.45) is 0.173. The molecule has 11 heteroatoms. The molecule has 1 atom stereocenters. The third kappa shape index (κ3) is 6.73. The molecule has 0 fully saturated rings. The van der Waals surface area contributed by atoms with Gasteiger partial charge in [0.15, 0.2) is 0 Å². The van der Waals surface area contributed by atoms with Crippen molar-refractivity contribution in [3.8, 4) is 6.07 Å². The van der Waals surface area contributed by atoms with Gasteiger partial charge in [0.1, 0.15) is 4.21 Å². The number of nitriles is 1. The van der Waals surface area contributed by atoms with E-state index in [1.807, 2.05) is 30.3 Å². The summed E-state index contributed by atoms with van der Waals surface area (Å²) in [6, 6.07) is 24.3. The lowest BCUT2D eigenvalue weighted by Crippen LogP contribution is -2.44. The smallest absolute Gasteiger partial charge is 0.297 e. The normalized spacial score (nSPS) is 12.7. The van der Waals surface area contributed by atoms with Crippen molar-refractivity contribution < 1.29 is 21.0 Å². The fraction of sp³-hybridized carbons (Fsp3) is 0.179. The number of nitrogens with zero attached hydrogens (tertiary/aromatic N) is 2. The van der Waals surface area contributed by atoms with E-state index in [-0.39, 0.29) is 22.1 Å². The van der Waals surface area contributed by atoms with Crippen molar-refractivity contribution in [2.24, 2.45) is 0 Å². The van der Waals surface area contributed by atoms with Crippen LogP contribution >= 0.6 is 11.3 Å². The molecule has 3 aromatic carbocycles. The van der Waals surface area contributed by atoms with Gasteiger partial charge in [-0.25, -0.2) is 8.42 Å². The summed E-state index contributed by atoms with van der Waals surface area (Å²) in [5.74, 6) is 0. The zero-order chi connectivity index (χ0) is 28.0. The molecule has 0 aliphatic rings. The van der Waals surface area contributed by atoms with Crippen LogP contribution in [0.1, 0.15) is 22.3 Å². The average Bonchev–Trinajstić information content (AvgIpc) is 3.38. The molecule has 0 aliphatic heterocycles. The first-order valence-electron chi connectivity index (χ1n) is 11.9. The van der Waals surface area contributed by atoms with Crippen LogP contribution in [-0.2, 0) is 37.3 Å². The van der Waals surface area contributed by atoms with Crippen molar-refractivity contribution in [2.75, 3.05) is 12.3 Å². The first-order valence-corrected chi connectivity index (χ1v) is 15.7. The molecule has 4 aromatic rings. The minimum atomic E-state index is -4.17. The summed E-state index contributed by atoms with van der Waals surface area (Å²) in [6.45, 7) is 1.08. The predicted molar refractivity (Wildman–Crippen MR) is 151 cm³/mol. The van der Waals surface area contributed by atoms with E-state index in [0.29, 0.717) is 22.4 Å². The fourth-order valence-corrected chi connectivity index (χ4v) is 8.15. The lowest BCUT2D eigenvalue weighted by Gasteiger charge is -2.31. The Labute approximate surface area is 233 Å². The molecule has 39 heavy (non-hydrogen) atoms. The van der Waals surface area contributed by atoms with Gasteiger partial charge in [0.05, 0.1) is 29.2 Å². The van der Waals surface area contributed by atoms with Crippen molar-refractivity contribution in [3.05, 3.63) is 113 Å². The highest BCUT2D eigenvalue weighted by molar-refractivity contribution is 7.91. The molecule has 0 saturated heterocycles. The molecule has 2 N–H and O–H groups in total. The number of rotatable bonds is 11. The number of thiophene rings is 1. The van der Waals surface area contributed by atoms with Gasteiger partial charge in [-0.15, -0.1) is 11.3 Å². The van der Waals surface area contributed by atoms with Gasteiger partial charge in [0.25, 0.3) is 20.1 Å². The Morgan fingerprint density at radius 1 is 0.974 bits per heavy atom. The third-order valence-electron chi connectivity index (χ3n) is 6.13. The van der Waals surface area contributed by atoms with Gasteiger partial charge in [0, 0.05) is 12.2 Å². The van der Waals surface area contributed by atoms with E-state index < -0.39 is 32.8 Å². The molecule has 0 amide bonds. The van der Waals surface area contributed by atoms with Crippen LogP contribution in [0.5, 0.6) is 0 Å². The molecule has 0 radical (unpaired) electrons. The second kappa shape index (κ2) is 12.1. The van der Waals surface area contributed by atoms with Gasteiger partial charge in [0.2, 0.25) is 0 Å². The van der Waals surface area contributed by atoms with Gasteiger partial charge in [-0.3, -0.25) is 4.18 Å². The Bertz CT molecular complexity index is 1680. The number of hydrogen-bond acceptors (Lipinski definition) is 8. The van der Waals surface area contributed by atoms with E-state index in [4.69, 9.17) is 9.92 Å². The maximum atomic E-state index is 14.1. The van der Waals surface area contributed by atoms with Gasteiger partial charge in [-0.05, 0) is 71.8 Å². The van der Waals surface area contributed by atoms with E-state index in [0.717, 1.165) is 16.9 Å². The van der Waals surface area contributed by atoms with Crippen LogP contribution in [0.4, 0.5) is 5.69 Å². The van der Waals surface area contributed by atoms with Crippen molar-refractivity contribution >= 4 is 37.2 Å². The number of aryl methyl sites for hydroxylation is 1. The number of sulfonamides is 1. The van der Waals surface area contributed by atoms with E-state index in [1.165, 1.54) is 16.4 Å². The number of nitrogens with two attached hydrogens (primary N) is 1. The van der Waals surface area contributed by atoms with Gasteiger partial charge in [-0.2, -0.15) is 18.0 Å². The molecule has 202 valence electrons. The summed E-state index contributed by atoms with van der Waals surface area (Å²) in [7, 11) is -8.30. The Balaban J connectivity index is 1.80. The molecule has 8 nitrogen and oxygen atoms in total. The highest BCUT2D eigenvalue weighted by Crippen LogP contribution is 2.31. The number of anilines is 1. The quantitative estimate of drug-likeness (QED) is 0.200. The van der Waals surface area contributed by atoms with Crippen molar-refractivity contribution in [1.29, 1.82) is 5.26 Å². The molecule has 1 aromatic heterocycles. The second-order valence-electron chi connectivity index (χ2n) is 8.86.